The predicted molar refractivity (Wildman–Crippen MR) is 137 cm³/mol. The summed E-state index contributed by atoms with van der Waals surface area (Å²) >= 11 is 0. The molecule has 0 saturated carbocycles. The molecular weight excluding hydrogens is 430 g/mol. The van der Waals surface area contributed by atoms with E-state index in [-0.39, 0.29) is 24.4 Å². The largest absolute Gasteiger partial charge is 0.489 e. The topological polar surface area (TPSA) is 44.5 Å². The minimum atomic E-state index is -0.103. The van der Waals surface area contributed by atoms with Crippen LogP contribution in [0.1, 0.15) is 41.1 Å². The van der Waals surface area contributed by atoms with E-state index in [1.807, 2.05) is 60.7 Å². The molecule has 0 fully saturated rings. The molecule has 0 aliphatic carbocycles. The van der Waals surface area contributed by atoms with E-state index in [1.165, 1.54) is 5.56 Å². The average molecular weight is 460 g/mol. The second kappa shape index (κ2) is 12.1. The van der Waals surface area contributed by atoms with E-state index in [0.717, 1.165) is 28.2 Å². The van der Waals surface area contributed by atoms with Crippen molar-refractivity contribution in [3.63, 3.8) is 0 Å². The highest BCUT2D eigenvalue weighted by Gasteiger charge is 2.17. The fourth-order valence-electron chi connectivity index (χ4n) is 3.63. The summed E-state index contributed by atoms with van der Waals surface area (Å²) in [5.74, 6) is 1.88. The van der Waals surface area contributed by atoms with Gasteiger partial charge in [0.05, 0.1) is 0 Å². The maximum absolute atomic E-state index is 6.59. The molecule has 0 heterocycles. The minimum Gasteiger partial charge on any atom is -0.489 e. The van der Waals surface area contributed by atoms with Crippen LogP contribution in [-0.4, -0.2) is 0 Å². The summed E-state index contributed by atoms with van der Waals surface area (Å²) in [5, 5.41) is 0. The van der Waals surface area contributed by atoms with Crippen molar-refractivity contribution >= 4 is 12.4 Å². The molecule has 3 nitrogen and oxygen atoms in total. The number of halogens is 1. The van der Waals surface area contributed by atoms with Gasteiger partial charge in [-0.3, -0.25) is 0 Å². The van der Waals surface area contributed by atoms with Gasteiger partial charge in [-0.25, -0.2) is 0 Å². The SMILES string of the molecule is CC(c1ccc(OCc2ccccc2)cc1)C(N)c1ccc(OCc2ccccc2)cc1.Cl. The van der Waals surface area contributed by atoms with Crippen LogP contribution in [0.3, 0.4) is 0 Å². The Hall–Kier alpha value is -3.27. The molecule has 2 atom stereocenters. The molecule has 0 aliphatic rings. The number of ether oxygens (including phenoxy) is 2. The highest BCUT2D eigenvalue weighted by atomic mass is 35.5. The molecule has 170 valence electrons. The molecule has 0 aliphatic heterocycles. The summed E-state index contributed by atoms with van der Waals surface area (Å²) in [6.45, 7) is 3.28. The quantitative estimate of drug-likeness (QED) is 0.291. The van der Waals surface area contributed by atoms with Crippen LogP contribution >= 0.6 is 12.4 Å². The van der Waals surface area contributed by atoms with E-state index in [9.17, 15) is 0 Å². The lowest BCUT2D eigenvalue weighted by Gasteiger charge is -2.21. The van der Waals surface area contributed by atoms with Crippen LogP contribution in [0.25, 0.3) is 0 Å². The van der Waals surface area contributed by atoms with Crippen LogP contribution in [0.2, 0.25) is 0 Å². The summed E-state index contributed by atoms with van der Waals surface area (Å²) in [5.41, 5.74) is 11.2. The smallest absolute Gasteiger partial charge is 0.119 e. The standard InChI is InChI=1S/C29H29NO2.ClH/c1-22(25-12-16-27(17-13-25)31-20-23-8-4-2-5-9-23)29(30)26-14-18-28(19-15-26)32-21-24-10-6-3-7-11-24;/h2-19,22,29H,20-21,30H2,1H3;1H. The molecule has 0 amide bonds. The van der Waals surface area contributed by atoms with Crippen molar-refractivity contribution in [2.24, 2.45) is 5.73 Å². The van der Waals surface area contributed by atoms with Crippen LogP contribution < -0.4 is 15.2 Å². The van der Waals surface area contributed by atoms with Gasteiger partial charge in [0.1, 0.15) is 24.7 Å². The van der Waals surface area contributed by atoms with Crippen molar-refractivity contribution < 1.29 is 9.47 Å². The van der Waals surface area contributed by atoms with E-state index in [0.29, 0.717) is 13.2 Å². The summed E-state index contributed by atoms with van der Waals surface area (Å²) < 4.78 is 11.8. The first-order valence-electron chi connectivity index (χ1n) is 11.0. The predicted octanol–water partition coefficient (Wildman–Crippen LogP) is 7.07. The summed E-state index contributed by atoms with van der Waals surface area (Å²) in [6.07, 6.45) is 0. The zero-order valence-corrected chi connectivity index (χ0v) is 19.6. The second-order valence-electron chi connectivity index (χ2n) is 8.00. The van der Waals surface area contributed by atoms with Gasteiger partial charge in [-0.1, -0.05) is 91.9 Å². The lowest BCUT2D eigenvalue weighted by atomic mass is 9.89. The van der Waals surface area contributed by atoms with Crippen LogP contribution in [0.4, 0.5) is 0 Å². The van der Waals surface area contributed by atoms with Crippen LogP contribution in [-0.2, 0) is 13.2 Å². The molecule has 2 N–H and O–H groups in total. The first-order chi connectivity index (χ1) is 15.7. The summed E-state index contributed by atoms with van der Waals surface area (Å²) in [4.78, 5) is 0. The van der Waals surface area contributed by atoms with Crippen molar-refractivity contribution in [3.8, 4) is 11.5 Å². The molecule has 0 spiro atoms. The van der Waals surface area contributed by atoms with Crippen molar-refractivity contribution in [2.75, 3.05) is 0 Å². The van der Waals surface area contributed by atoms with E-state index in [1.54, 1.807) is 0 Å². The highest BCUT2D eigenvalue weighted by molar-refractivity contribution is 5.85. The fraction of sp³-hybridized carbons (Fsp3) is 0.172. The molecule has 0 bridgehead atoms. The van der Waals surface area contributed by atoms with Gasteiger partial charge in [0, 0.05) is 12.0 Å². The average Bonchev–Trinajstić information content (AvgIpc) is 2.87. The molecular formula is C29H30ClNO2. The molecule has 0 aromatic heterocycles. The van der Waals surface area contributed by atoms with E-state index in [2.05, 4.69) is 55.5 Å². The minimum absolute atomic E-state index is 0. The first-order valence-corrected chi connectivity index (χ1v) is 11.0. The molecule has 2 unspecified atom stereocenters. The summed E-state index contributed by atoms with van der Waals surface area (Å²) in [6, 6.07) is 36.6. The molecule has 0 saturated heterocycles. The molecule has 4 rings (SSSR count). The first kappa shape index (κ1) is 24.4. The van der Waals surface area contributed by atoms with Gasteiger partial charge >= 0.3 is 0 Å². The third kappa shape index (κ3) is 6.85. The van der Waals surface area contributed by atoms with Crippen molar-refractivity contribution in [1.82, 2.24) is 0 Å². The molecule has 4 aromatic carbocycles. The Morgan fingerprint density at radius 1 is 0.576 bits per heavy atom. The Balaban J connectivity index is 0.00000306. The normalized spacial score (nSPS) is 12.3. The Morgan fingerprint density at radius 3 is 1.39 bits per heavy atom. The van der Waals surface area contributed by atoms with Gasteiger partial charge in [-0.2, -0.15) is 0 Å². The summed E-state index contributed by atoms with van der Waals surface area (Å²) in [7, 11) is 0. The molecule has 4 aromatic rings. The third-order valence-electron chi connectivity index (χ3n) is 5.71. The second-order valence-corrected chi connectivity index (χ2v) is 8.00. The zero-order valence-electron chi connectivity index (χ0n) is 18.8. The zero-order chi connectivity index (χ0) is 22.2. The maximum atomic E-state index is 6.59. The maximum Gasteiger partial charge on any atom is 0.119 e. The number of hydrogen-bond donors (Lipinski definition) is 1. The Morgan fingerprint density at radius 2 is 0.970 bits per heavy atom. The van der Waals surface area contributed by atoms with Crippen LogP contribution in [0.15, 0.2) is 109 Å². The number of rotatable bonds is 9. The van der Waals surface area contributed by atoms with Gasteiger partial charge in [0.15, 0.2) is 0 Å². The van der Waals surface area contributed by atoms with Crippen molar-refractivity contribution in [3.05, 3.63) is 131 Å². The van der Waals surface area contributed by atoms with Crippen molar-refractivity contribution in [1.29, 1.82) is 0 Å². The fourth-order valence-corrected chi connectivity index (χ4v) is 3.63. The van der Waals surface area contributed by atoms with E-state index in [4.69, 9.17) is 15.2 Å². The van der Waals surface area contributed by atoms with Gasteiger partial charge in [-0.15, -0.1) is 12.4 Å². The van der Waals surface area contributed by atoms with Crippen LogP contribution in [0.5, 0.6) is 11.5 Å². The van der Waals surface area contributed by atoms with Gasteiger partial charge in [0.25, 0.3) is 0 Å². The molecule has 33 heavy (non-hydrogen) atoms. The Bertz CT molecular complexity index is 993. The Labute approximate surface area is 202 Å². The molecule has 0 radical (unpaired) electrons. The van der Waals surface area contributed by atoms with E-state index >= 15 is 0 Å². The van der Waals surface area contributed by atoms with Gasteiger partial charge in [-0.05, 0) is 46.5 Å². The van der Waals surface area contributed by atoms with Gasteiger partial charge in [0.2, 0.25) is 0 Å². The number of benzene rings is 4. The lowest BCUT2D eigenvalue weighted by molar-refractivity contribution is 0.306. The third-order valence-corrected chi connectivity index (χ3v) is 5.71. The molecule has 4 heteroatoms. The Kier molecular flexibility index (Phi) is 8.94. The van der Waals surface area contributed by atoms with Crippen LogP contribution in [0, 0.1) is 0 Å². The number of nitrogens with two attached hydrogens (primary N) is 1. The lowest BCUT2D eigenvalue weighted by Crippen LogP contribution is -2.17. The van der Waals surface area contributed by atoms with Gasteiger partial charge < -0.3 is 15.2 Å². The highest BCUT2D eigenvalue weighted by Crippen LogP contribution is 2.30. The monoisotopic (exact) mass is 459 g/mol. The number of hydrogen-bond acceptors (Lipinski definition) is 3. The van der Waals surface area contributed by atoms with E-state index < -0.39 is 0 Å². The van der Waals surface area contributed by atoms with Crippen molar-refractivity contribution in [2.45, 2.75) is 32.1 Å².